The summed E-state index contributed by atoms with van der Waals surface area (Å²) in [6, 6.07) is 14.7. The summed E-state index contributed by atoms with van der Waals surface area (Å²) in [6.07, 6.45) is 0.781. The van der Waals surface area contributed by atoms with Gasteiger partial charge in [-0.3, -0.25) is 4.90 Å². The predicted octanol–water partition coefficient (Wildman–Crippen LogP) is 2.90. The number of benzene rings is 2. The standard InChI is InChI=1S/C21H26FN3O2/c1-27-19-8-6-17(7-9-19)10-11-23-21(26)25-14-12-24(13-15-25)16-18-4-2-3-5-20(18)22/h2-9H,10-16H2,1H3,(H,23,26). The maximum atomic E-state index is 13.8. The van der Waals surface area contributed by atoms with Gasteiger partial charge >= 0.3 is 6.03 Å². The molecule has 1 aliphatic rings. The number of carbonyl (C=O) groups is 1. The molecule has 5 nitrogen and oxygen atoms in total. The number of nitrogens with zero attached hydrogens (tertiary/aromatic N) is 2. The molecule has 0 aromatic heterocycles. The lowest BCUT2D eigenvalue weighted by Crippen LogP contribution is -2.51. The Labute approximate surface area is 159 Å². The molecule has 2 aromatic rings. The zero-order chi connectivity index (χ0) is 19.1. The summed E-state index contributed by atoms with van der Waals surface area (Å²) in [5.41, 5.74) is 1.86. The van der Waals surface area contributed by atoms with E-state index in [1.165, 1.54) is 6.07 Å². The number of hydrogen-bond donors (Lipinski definition) is 1. The molecule has 0 atom stereocenters. The normalized spacial score (nSPS) is 14.8. The van der Waals surface area contributed by atoms with Gasteiger partial charge in [0.05, 0.1) is 7.11 Å². The lowest BCUT2D eigenvalue weighted by molar-refractivity contribution is 0.134. The van der Waals surface area contributed by atoms with Crippen LogP contribution in [0.4, 0.5) is 9.18 Å². The molecule has 144 valence electrons. The Morgan fingerprint density at radius 1 is 1.07 bits per heavy atom. The number of halogens is 1. The van der Waals surface area contributed by atoms with Crippen molar-refractivity contribution >= 4 is 6.03 Å². The zero-order valence-corrected chi connectivity index (χ0v) is 15.7. The fraction of sp³-hybridized carbons (Fsp3) is 0.381. The second-order valence-electron chi connectivity index (χ2n) is 6.68. The fourth-order valence-electron chi connectivity index (χ4n) is 3.19. The predicted molar refractivity (Wildman–Crippen MR) is 103 cm³/mol. The number of carbonyl (C=O) groups excluding carboxylic acids is 1. The van der Waals surface area contributed by atoms with Crippen LogP contribution >= 0.6 is 0 Å². The Morgan fingerprint density at radius 3 is 2.44 bits per heavy atom. The highest BCUT2D eigenvalue weighted by Gasteiger charge is 2.21. The first-order valence-electron chi connectivity index (χ1n) is 9.27. The molecular weight excluding hydrogens is 345 g/mol. The number of nitrogens with one attached hydrogen (secondary N) is 1. The number of piperazine rings is 1. The van der Waals surface area contributed by atoms with Gasteiger partial charge in [0.2, 0.25) is 0 Å². The summed E-state index contributed by atoms with van der Waals surface area (Å²) < 4.78 is 18.9. The summed E-state index contributed by atoms with van der Waals surface area (Å²) >= 11 is 0. The van der Waals surface area contributed by atoms with Crippen LogP contribution in [0.1, 0.15) is 11.1 Å². The summed E-state index contributed by atoms with van der Waals surface area (Å²) in [7, 11) is 1.64. The molecule has 1 aliphatic heterocycles. The molecule has 1 heterocycles. The minimum absolute atomic E-state index is 0.0333. The molecule has 0 spiro atoms. The molecule has 0 unspecified atom stereocenters. The lowest BCUT2D eigenvalue weighted by atomic mass is 10.1. The van der Waals surface area contributed by atoms with Crippen LogP contribution in [-0.2, 0) is 13.0 Å². The first kappa shape index (κ1) is 19.2. The van der Waals surface area contributed by atoms with Crippen molar-refractivity contribution in [3.05, 3.63) is 65.5 Å². The lowest BCUT2D eigenvalue weighted by Gasteiger charge is -2.34. The van der Waals surface area contributed by atoms with E-state index < -0.39 is 0 Å². The Hall–Kier alpha value is -2.60. The van der Waals surface area contributed by atoms with E-state index in [9.17, 15) is 9.18 Å². The molecule has 1 fully saturated rings. The van der Waals surface area contributed by atoms with Crippen LogP contribution in [0.25, 0.3) is 0 Å². The van der Waals surface area contributed by atoms with E-state index in [0.29, 0.717) is 31.7 Å². The van der Waals surface area contributed by atoms with Gasteiger partial charge in [-0.05, 0) is 30.2 Å². The van der Waals surface area contributed by atoms with Gasteiger partial charge in [-0.15, -0.1) is 0 Å². The average Bonchev–Trinajstić information content (AvgIpc) is 2.71. The molecular formula is C21H26FN3O2. The summed E-state index contributed by atoms with van der Waals surface area (Å²) in [6.45, 7) is 3.99. The van der Waals surface area contributed by atoms with Crippen LogP contribution in [0.5, 0.6) is 5.75 Å². The van der Waals surface area contributed by atoms with Crippen molar-refractivity contribution in [3.63, 3.8) is 0 Å². The molecule has 0 saturated carbocycles. The van der Waals surface area contributed by atoms with Crippen LogP contribution in [0.3, 0.4) is 0 Å². The number of rotatable bonds is 6. The third-order valence-corrected chi connectivity index (χ3v) is 4.86. The van der Waals surface area contributed by atoms with Crippen molar-refractivity contribution in [2.24, 2.45) is 0 Å². The highest BCUT2D eigenvalue weighted by atomic mass is 19.1. The van der Waals surface area contributed by atoms with Crippen molar-refractivity contribution in [2.45, 2.75) is 13.0 Å². The topological polar surface area (TPSA) is 44.8 Å². The molecule has 1 N–H and O–H groups in total. The molecule has 0 bridgehead atoms. The maximum absolute atomic E-state index is 13.8. The van der Waals surface area contributed by atoms with E-state index in [1.54, 1.807) is 13.2 Å². The molecule has 2 amide bonds. The largest absolute Gasteiger partial charge is 0.497 e. The Morgan fingerprint density at radius 2 is 1.78 bits per heavy atom. The second-order valence-corrected chi connectivity index (χ2v) is 6.68. The molecule has 0 radical (unpaired) electrons. The quantitative estimate of drug-likeness (QED) is 0.849. The SMILES string of the molecule is COc1ccc(CCNC(=O)N2CCN(Cc3ccccc3F)CC2)cc1. The van der Waals surface area contributed by atoms with Crippen LogP contribution < -0.4 is 10.1 Å². The Kier molecular flexibility index (Phi) is 6.65. The van der Waals surface area contributed by atoms with Gasteiger partial charge in [-0.1, -0.05) is 30.3 Å². The van der Waals surface area contributed by atoms with Gasteiger partial charge in [0, 0.05) is 44.8 Å². The van der Waals surface area contributed by atoms with Crippen molar-refractivity contribution in [2.75, 3.05) is 39.8 Å². The van der Waals surface area contributed by atoms with E-state index in [0.717, 1.165) is 30.8 Å². The molecule has 2 aromatic carbocycles. The fourth-order valence-corrected chi connectivity index (χ4v) is 3.19. The van der Waals surface area contributed by atoms with Gasteiger partial charge in [-0.25, -0.2) is 9.18 Å². The van der Waals surface area contributed by atoms with Gasteiger partial charge in [-0.2, -0.15) is 0 Å². The molecule has 6 heteroatoms. The zero-order valence-electron chi connectivity index (χ0n) is 15.7. The smallest absolute Gasteiger partial charge is 0.317 e. The summed E-state index contributed by atoms with van der Waals surface area (Å²) in [4.78, 5) is 16.3. The van der Waals surface area contributed by atoms with E-state index in [1.807, 2.05) is 41.3 Å². The van der Waals surface area contributed by atoms with Gasteiger partial charge < -0.3 is 15.0 Å². The minimum Gasteiger partial charge on any atom is -0.497 e. The highest BCUT2D eigenvalue weighted by Crippen LogP contribution is 2.13. The number of ether oxygens (including phenoxy) is 1. The number of hydrogen-bond acceptors (Lipinski definition) is 3. The second kappa shape index (κ2) is 9.37. The Bertz CT molecular complexity index is 743. The van der Waals surface area contributed by atoms with Crippen LogP contribution in [0.15, 0.2) is 48.5 Å². The van der Waals surface area contributed by atoms with Gasteiger partial charge in [0.15, 0.2) is 0 Å². The minimum atomic E-state index is -0.170. The van der Waals surface area contributed by atoms with E-state index in [2.05, 4.69) is 10.2 Å². The monoisotopic (exact) mass is 371 g/mol. The van der Waals surface area contributed by atoms with Crippen molar-refractivity contribution < 1.29 is 13.9 Å². The third-order valence-electron chi connectivity index (χ3n) is 4.86. The number of methoxy groups -OCH3 is 1. The first-order valence-corrected chi connectivity index (χ1v) is 9.27. The van der Waals surface area contributed by atoms with Gasteiger partial charge in [0.1, 0.15) is 11.6 Å². The van der Waals surface area contributed by atoms with E-state index in [4.69, 9.17) is 4.74 Å². The molecule has 27 heavy (non-hydrogen) atoms. The molecule has 0 aliphatic carbocycles. The van der Waals surface area contributed by atoms with E-state index >= 15 is 0 Å². The van der Waals surface area contributed by atoms with Crippen molar-refractivity contribution in [1.29, 1.82) is 0 Å². The summed E-state index contributed by atoms with van der Waals surface area (Å²) in [5, 5.41) is 2.98. The average molecular weight is 371 g/mol. The third kappa shape index (κ3) is 5.44. The van der Waals surface area contributed by atoms with Crippen molar-refractivity contribution in [3.8, 4) is 5.75 Å². The molecule has 3 rings (SSSR count). The van der Waals surface area contributed by atoms with Crippen LogP contribution in [0.2, 0.25) is 0 Å². The number of urea groups is 1. The number of amides is 2. The first-order chi connectivity index (χ1) is 13.2. The molecule has 1 saturated heterocycles. The Balaban J connectivity index is 1.38. The highest BCUT2D eigenvalue weighted by molar-refractivity contribution is 5.74. The maximum Gasteiger partial charge on any atom is 0.317 e. The van der Waals surface area contributed by atoms with Crippen molar-refractivity contribution in [1.82, 2.24) is 15.1 Å². The van der Waals surface area contributed by atoms with Crippen LogP contribution in [-0.4, -0.2) is 55.7 Å². The van der Waals surface area contributed by atoms with E-state index in [-0.39, 0.29) is 11.8 Å². The summed E-state index contributed by atoms with van der Waals surface area (Å²) in [5.74, 6) is 0.659. The van der Waals surface area contributed by atoms with Gasteiger partial charge in [0.25, 0.3) is 0 Å². The van der Waals surface area contributed by atoms with Crippen LogP contribution in [0, 0.1) is 5.82 Å².